The maximum absolute atomic E-state index is 13.0. The number of aliphatic hydroxyl groups is 1. The molecular weight excluding hydrogens is 368 g/mol. The molecule has 4 rings (SSSR count). The van der Waals surface area contributed by atoms with E-state index in [2.05, 4.69) is 13.0 Å². The molecule has 1 saturated carbocycles. The van der Waals surface area contributed by atoms with Crippen LogP contribution in [0.2, 0.25) is 5.02 Å². The SMILES string of the molecule is CCC1CCC2(CC1)CC(=O)C(c1cc(-c3ccc(Cl)cc3)ccc1C)=C2O. The quantitative estimate of drug-likeness (QED) is 0.600. The fourth-order valence-corrected chi connectivity index (χ4v) is 5.05. The van der Waals surface area contributed by atoms with Crippen molar-refractivity contribution in [3.05, 3.63) is 64.4 Å². The van der Waals surface area contributed by atoms with Crippen LogP contribution in [0.15, 0.2) is 48.2 Å². The summed E-state index contributed by atoms with van der Waals surface area (Å²) in [6.45, 7) is 4.24. The van der Waals surface area contributed by atoms with Crippen molar-refractivity contribution in [3.8, 4) is 11.1 Å². The molecule has 0 radical (unpaired) electrons. The third-order valence-corrected chi connectivity index (χ3v) is 7.09. The minimum atomic E-state index is -0.333. The van der Waals surface area contributed by atoms with E-state index in [1.54, 1.807) is 0 Å². The average molecular weight is 395 g/mol. The Balaban J connectivity index is 1.74. The van der Waals surface area contributed by atoms with Crippen molar-refractivity contribution in [2.45, 2.75) is 52.4 Å². The van der Waals surface area contributed by atoms with Crippen LogP contribution in [0.1, 0.15) is 56.6 Å². The fourth-order valence-electron chi connectivity index (χ4n) is 4.92. The van der Waals surface area contributed by atoms with Gasteiger partial charge in [0.2, 0.25) is 0 Å². The molecule has 28 heavy (non-hydrogen) atoms. The second kappa shape index (κ2) is 7.40. The Kier molecular flexibility index (Phi) is 5.09. The maximum atomic E-state index is 13.0. The molecule has 0 aliphatic heterocycles. The van der Waals surface area contributed by atoms with Crippen LogP contribution >= 0.6 is 11.6 Å². The van der Waals surface area contributed by atoms with E-state index in [4.69, 9.17) is 11.6 Å². The lowest BCUT2D eigenvalue weighted by Gasteiger charge is -2.36. The average Bonchev–Trinajstić information content (AvgIpc) is 2.93. The molecule has 0 heterocycles. The Labute approximate surface area is 172 Å². The summed E-state index contributed by atoms with van der Waals surface area (Å²) < 4.78 is 0. The van der Waals surface area contributed by atoms with Crippen LogP contribution in [0.25, 0.3) is 16.7 Å². The van der Waals surface area contributed by atoms with Gasteiger partial charge >= 0.3 is 0 Å². The minimum Gasteiger partial charge on any atom is -0.511 e. The van der Waals surface area contributed by atoms with Gasteiger partial charge in [0.15, 0.2) is 5.78 Å². The highest BCUT2D eigenvalue weighted by molar-refractivity contribution is 6.30. The van der Waals surface area contributed by atoms with Crippen molar-refractivity contribution in [2.24, 2.45) is 11.3 Å². The van der Waals surface area contributed by atoms with Gasteiger partial charge in [0.25, 0.3) is 0 Å². The van der Waals surface area contributed by atoms with E-state index in [1.165, 1.54) is 6.42 Å². The second-order valence-electron chi connectivity index (χ2n) is 8.49. The number of benzene rings is 2. The van der Waals surface area contributed by atoms with Crippen LogP contribution in [0.4, 0.5) is 0 Å². The molecule has 2 aliphatic rings. The first kappa shape index (κ1) is 19.3. The summed E-state index contributed by atoms with van der Waals surface area (Å²) in [4.78, 5) is 13.0. The Bertz CT molecular complexity index is 932. The highest BCUT2D eigenvalue weighted by Gasteiger charge is 2.48. The molecule has 2 aromatic carbocycles. The number of carbonyl (C=O) groups excluding carboxylic acids is 1. The van der Waals surface area contributed by atoms with Gasteiger partial charge in [-0.15, -0.1) is 0 Å². The summed E-state index contributed by atoms with van der Waals surface area (Å²) >= 11 is 6.02. The first-order valence-electron chi connectivity index (χ1n) is 10.3. The van der Waals surface area contributed by atoms with Crippen LogP contribution in [0.5, 0.6) is 0 Å². The Hall–Kier alpha value is -2.06. The summed E-state index contributed by atoms with van der Waals surface area (Å²) in [6, 6.07) is 13.8. The highest BCUT2D eigenvalue weighted by atomic mass is 35.5. The Morgan fingerprint density at radius 3 is 2.36 bits per heavy atom. The van der Waals surface area contributed by atoms with Crippen molar-refractivity contribution in [2.75, 3.05) is 0 Å². The predicted molar refractivity (Wildman–Crippen MR) is 115 cm³/mol. The summed E-state index contributed by atoms with van der Waals surface area (Å²) in [6.07, 6.45) is 5.68. The van der Waals surface area contributed by atoms with E-state index >= 15 is 0 Å². The predicted octanol–water partition coefficient (Wildman–Crippen LogP) is 7.14. The van der Waals surface area contributed by atoms with E-state index in [0.29, 0.717) is 22.8 Å². The van der Waals surface area contributed by atoms with Gasteiger partial charge in [-0.1, -0.05) is 49.2 Å². The van der Waals surface area contributed by atoms with E-state index in [1.807, 2.05) is 43.3 Å². The number of hydrogen-bond donors (Lipinski definition) is 1. The third-order valence-electron chi connectivity index (χ3n) is 6.84. The monoisotopic (exact) mass is 394 g/mol. The number of carbonyl (C=O) groups is 1. The molecule has 1 N–H and O–H groups in total. The van der Waals surface area contributed by atoms with Gasteiger partial charge in [0.05, 0.1) is 5.57 Å². The molecular formula is C25H27ClO2. The number of rotatable bonds is 3. The fraction of sp³-hybridized carbons (Fsp3) is 0.400. The number of hydrogen-bond acceptors (Lipinski definition) is 2. The van der Waals surface area contributed by atoms with Crippen molar-refractivity contribution in [1.29, 1.82) is 0 Å². The zero-order valence-corrected chi connectivity index (χ0v) is 17.4. The molecule has 1 spiro atoms. The van der Waals surface area contributed by atoms with E-state index in [0.717, 1.165) is 53.9 Å². The molecule has 1 fully saturated rings. The molecule has 146 valence electrons. The molecule has 0 aromatic heterocycles. The van der Waals surface area contributed by atoms with Gasteiger partial charge in [-0.2, -0.15) is 0 Å². The number of allylic oxidation sites excluding steroid dienone is 2. The first-order valence-corrected chi connectivity index (χ1v) is 10.7. The molecule has 0 saturated heterocycles. The lowest BCUT2D eigenvalue weighted by Crippen LogP contribution is -2.27. The van der Waals surface area contributed by atoms with Crippen LogP contribution in [0.3, 0.4) is 0 Å². The minimum absolute atomic E-state index is 0.0869. The van der Waals surface area contributed by atoms with Crippen LogP contribution in [-0.2, 0) is 4.79 Å². The largest absolute Gasteiger partial charge is 0.511 e. The highest BCUT2D eigenvalue weighted by Crippen LogP contribution is 2.54. The maximum Gasteiger partial charge on any atom is 0.167 e. The molecule has 0 atom stereocenters. The van der Waals surface area contributed by atoms with E-state index in [-0.39, 0.29) is 11.2 Å². The van der Waals surface area contributed by atoms with Gasteiger partial charge in [-0.25, -0.2) is 0 Å². The number of halogens is 1. The number of aryl methyl sites for hydroxylation is 1. The summed E-state index contributed by atoms with van der Waals surface area (Å²) in [5.74, 6) is 1.15. The lowest BCUT2D eigenvalue weighted by molar-refractivity contribution is -0.115. The molecule has 0 bridgehead atoms. The molecule has 2 aromatic rings. The first-order chi connectivity index (χ1) is 13.4. The summed E-state index contributed by atoms with van der Waals surface area (Å²) in [5.41, 5.74) is 4.18. The topological polar surface area (TPSA) is 37.3 Å². The van der Waals surface area contributed by atoms with Gasteiger partial charge in [-0.05, 0) is 79.0 Å². The molecule has 0 unspecified atom stereocenters. The summed E-state index contributed by atoms with van der Waals surface area (Å²) in [5, 5.41) is 11.9. The van der Waals surface area contributed by atoms with E-state index in [9.17, 15) is 9.90 Å². The number of aliphatic hydroxyl groups excluding tert-OH is 1. The van der Waals surface area contributed by atoms with Crippen molar-refractivity contribution in [3.63, 3.8) is 0 Å². The Morgan fingerprint density at radius 1 is 1.07 bits per heavy atom. The van der Waals surface area contributed by atoms with Crippen LogP contribution in [0, 0.1) is 18.3 Å². The second-order valence-corrected chi connectivity index (χ2v) is 8.93. The summed E-state index contributed by atoms with van der Waals surface area (Å²) in [7, 11) is 0. The van der Waals surface area contributed by atoms with Crippen molar-refractivity contribution >= 4 is 23.0 Å². The van der Waals surface area contributed by atoms with Gasteiger partial charge in [-0.3, -0.25) is 4.79 Å². The van der Waals surface area contributed by atoms with Gasteiger partial charge in [0, 0.05) is 16.9 Å². The molecule has 3 heteroatoms. The normalized spacial score (nSPS) is 25.0. The smallest absolute Gasteiger partial charge is 0.167 e. The van der Waals surface area contributed by atoms with Crippen molar-refractivity contribution in [1.82, 2.24) is 0 Å². The molecule has 2 aliphatic carbocycles. The zero-order valence-electron chi connectivity index (χ0n) is 16.6. The van der Waals surface area contributed by atoms with Crippen LogP contribution in [-0.4, -0.2) is 10.9 Å². The lowest BCUT2D eigenvalue weighted by atomic mass is 9.68. The standard InChI is InChI=1S/C25H27ClO2/c1-3-17-10-12-25(13-11-17)15-22(27)23(24(25)28)21-14-19(5-4-16(21)2)18-6-8-20(26)9-7-18/h4-9,14,17,28H,3,10-13,15H2,1-2H3. The van der Waals surface area contributed by atoms with Crippen LogP contribution < -0.4 is 0 Å². The van der Waals surface area contributed by atoms with E-state index < -0.39 is 0 Å². The molecule has 0 amide bonds. The van der Waals surface area contributed by atoms with Crippen molar-refractivity contribution < 1.29 is 9.90 Å². The third kappa shape index (κ3) is 3.28. The Morgan fingerprint density at radius 2 is 1.71 bits per heavy atom. The number of ketones is 1. The van der Waals surface area contributed by atoms with Gasteiger partial charge in [0.1, 0.15) is 5.76 Å². The number of Topliss-reactive ketones (excluding diaryl/α,β-unsaturated/α-hetero) is 1. The molecule has 2 nitrogen and oxygen atoms in total. The zero-order chi connectivity index (χ0) is 19.9. The van der Waals surface area contributed by atoms with Gasteiger partial charge < -0.3 is 5.11 Å².